The van der Waals surface area contributed by atoms with Crippen molar-refractivity contribution in [3.63, 3.8) is 0 Å². The topological polar surface area (TPSA) is 42.7 Å². The van der Waals surface area contributed by atoms with Crippen molar-refractivity contribution < 1.29 is 0 Å². The van der Waals surface area contributed by atoms with Gasteiger partial charge >= 0.3 is 0 Å². The Labute approximate surface area is 85.0 Å². The van der Waals surface area contributed by atoms with E-state index in [9.17, 15) is 0 Å². The first-order chi connectivity index (χ1) is 6.65. The van der Waals surface area contributed by atoms with Crippen molar-refractivity contribution in [2.75, 3.05) is 0 Å². The second-order valence-electron chi connectivity index (χ2n) is 3.62. The van der Waals surface area contributed by atoms with Gasteiger partial charge in [-0.2, -0.15) is 5.10 Å². The highest BCUT2D eigenvalue weighted by Crippen LogP contribution is 2.04. The fourth-order valence-electron chi connectivity index (χ4n) is 1.17. The predicted molar refractivity (Wildman–Crippen MR) is 56.9 cm³/mol. The molecule has 1 aromatic rings. The molecular formula is C10H18N4. The van der Waals surface area contributed by atoms with E-state index in [1.165, 1.54) is 0 Å². The van der Waals surface area contributed by atoms with E-state index in [0.717, 1.165) is 12.4 Å². The predicted octanol–water partition coefficient (Wildman–Crippen LogP) is 1.52. The first-order valence-electron chi connectivity index (χ1n) is 4.89. The lowest BCUT2D eigenvalue weighted by Crippen LogP contribution is -2.25. The van der Waals surface area contributed by atoms with E-state index in [1.807, 2.05) is 10.8 Å². The Bertz CT molecular complexity index is 290. The molecule has 1 atom stereocenters. The highest BCUT2D eigenvalue weighted by molar-refractivity contribution is 4.89. The van der Waals surface area contributed by atoms with Gasteiger partial charge in [0.05, 0.1) is 6.54 Å². The molecule has 0 radical (unpaired) electrons. The van der Waals surface area contributed by atoms with Gasteiger partial charge in [0.1, 0.15) is 12.2 Å². The zero-order valence-corrected chi connectivity index (χ0v) is 9.07. The molecule has 0 bridgehead atoms. The minimum Gasteiger partial charge on any atom is -0.304 e. The van der Waals surface area contributed by atoms with Gasteiger partial charge in [-0.3, -0.25) is 0 Å². The Kier molecular flexibility index (Phi) is 3.83. The molecule has 1 unspecified atom stereocenters. The Morgan fingerprint density at radius 1 is 1.57 bits per heavy atom. The third kappa shape index (κ3) is 2.67. The zero-order valence-electron chi connectivity index (χ0n) is 9.07. The second kappa shape index (κ2) is 4.91. The standard InChI is InChI=1S/C10H18N4/c1-5-9(4)11-6-10-12-7-13-14(10)8(2)3/h5,7-9,11H,1,6H2,2-4H3. The van der Waals surface area contributed by atoms with E-state index in [-0.39, 0.29) is 0 Å². The Balaban J connectivity index is 2.58. The number of rotatable bonds is 5. The molecule has 0 aliphatic carbocycles. The van der Waals surface area contributed by atoms with Crippen LogP contribution in [-0.4, -0.2) is 20.8 Å². The molecule has 0 spiro atoms. The van der Waals surface area contributed by atoms with Gasteiger partial charge < -0.3 is 5.32 Å². The summed E-state index contributed by atoms with van der Waals surface area (Å²) < 4.78 is 1.92. The van der Waals surface area contributed by atoms with Crippen LogP contribution in [0.2, 0.25) is 0 Å². The van der Waals surface area contributed by atoms with Crippen molar-refractivity contribution in [3.05, 3.63) is 24.8 Å². The molecule has 0 aliphatic heterocycles. The van der Waals surface area contributed by atoms with Crippen molar-refractivity contribution >= 4 is 0 Å². The van der Waals surface area contributed by atoms with E-state index in [2.05, 4.69) is 42.7 Å². The Morgan fingerprint density at radius 2 is 2.29 bits per heavy atom. The molecule has 0 fully saturated rings. The summed E-state index contributed by atoms with van der Waals surface area (Å²) in [4.78, 5) is 4.20. The Morgan fingerprint density at radius 3 is 2.86 bits per heavy atom. The number of nitrogens with zero attached hydrogens (tertiary/aromatic N) is 3. The molecule has 14 heavy (non-hydrogen) atoms. The van der Waals surface area contributed by atoms with Crippen molar-refractivity contribution in [2.24, 2.45) is 0 Å². The van der Waals surface area contributed by atoms with Gasteiger partial charge in [0, 0.05) is 12.1 Å². The molecule has 0 aromatic carbocycles. The Hall–Kier alpha value is -1.16. The average molecular weight is 194 g/mol. The maximum absolute atomic E-state index is 4.20. The van der Waals surface area contributed by atoms with Gasteiger partial charge in [-0.15, -0.1) is 6.58 Å². The highest BCUT2D eigenvalue weighted by Gasteiger charge is 2.07. The van der Waals surface area contributed by atoms with Crippen LogP contribution in [0.25, 0.3) is 0 Å². The summed E-state index contributed by atoms with van der Waals surface area (Å²) in [6.07, 6.45) is 3.46. The molecule has 0 saturated carbocycles. The van der Waals surface area contributed by atoms with Crippen LogP contribution in [0.3, 0.4) is 0 Å². The van der Waals surface area contributed by atoms with E-state index in [0.29, 0.717) is 12.1 Å². The quantitative estimate of drug-likeness (QED) is 0.723. The van der Waals surface area contributed by atoms with Crippen LogP contribution in [0.15, 0.2) is 19.0 Å². The SMILES string of the molecule is C=CC(C)NCc1ncnn1C(C)C. The van der Waals surface area contributed by atoms with Crippen molar-refractivity contribution in [1.29, 1.82) is 0 Å². The van der Waals surface area contributed by atoms with Gasteiger partial charge in [0.25, 0.3) is 0 Å². The summed E-state index contributed by atoms with van der Waals surface area (Å²) in [6.45, 7) is 10.7. The van der Waals surface area contributed by atoms with Gasteiger partial charge in [-0.1, -0.05) is 6.08 Å². The number of aromatic nitrogens is 3. The largest absolute Gasteiger partial charge is 0.304 e. The summed E-state index contributed by atoms with van der Waals surface area (Å²) in [6, 6.07) is 0.653. The van der Waals surface area contributed by atoms with Gasteiger partial charge in [0.15, 0.2) is 0 Å². The van der Waals surface area contributed by atoms with E-state index < -0.39 is 0 Å². The summed E-state index contributed by atoms with van der Waals surface area (Å²) >= 11 is 0. The van der Waals surface area contributed by atoms with E-state index in [4.69, 9.17) is 0 Å². The van der Waals surface area contributed by atoms with Crippen LogP contribution in [-0.2, 0) is 6.54 Å². The summed E-state index contributed by atoms with van der Waals surface area (Å²) in [5.74, 6) is 0.966. The third-order valence-corrected chi connectivity index (χ3v) is 2.07. The lowest BCUT2D eigenvalue weighted by atomic mass is 10.3. The van der Waals surface area contributed by atoms with Gasteiger partial charge in [-0.05, 0) is 20.8 Å². The maximum Gasteiger partial charge on any atom is 0.141 e. The van der Waals surface area contributed by atoms with Crippen molar-refractivity contribution in [3.8, 4) is 0 Å². The molecule has 78 valence electrons. The third-order valence-electron chi connectivity index (χ3n) is 2.07. The first kappa shape index (κ1) is 10.9. The lowest BCUT2D eigenvalue weighted by Gasteiger charge is -2.11. The number of hydrogen-bond donors (Lipinski definition) is 1. The number of nitrogens with one attached hydrogen (secondary N) is 1. The lowest BCUT2D eigenvalue weighted by molar-refractivity contribution is 0.484. The van der Waals surface area contributed by atoms with Crippen LogP contribution in [0, 0.1) is 0 Å². The van der Waals surface area contributed by atoms with Gasteiger partial charge in [-0.25, -0.2) is 9.67 Å². The zero-order chi connectivity index (χ0) is 10.6. The van der Waals surface area contributed by atoms with Crippen molar-refractivity contribution in [2.45, 2.75) is 39.4 Å². The van der Waals surface area contributed by atoms with Crippen molar-refractivity contribution in [1.82, 2.24) is 20.1 Å². The number of hydrogen-bond acceptors (Lipinski definition) is 3. The molecule has 1 aromatic heterocycles. The van der Waals surface area contributed by atoms with Crippen LogP contribution in [0.5, 0.6) is 0 Å². The molecule has 4 nitrogen and oxygen atoms in total. The minimum absolute atomic E-state index is 0.298. The second-order valence-corrected chi connectivity index (χ2v) is 3.62. The molecule has 0 amide bonds. The minimum atomic E-state index is 0.298. The molecule has 1 rings (SSSR count). The van der Waals surface area contributed by atoms with Crippen LogP contribution in [0.4, 0.5) is 0 Å². The molecule has 0 saturated heterocycles. The first-order valence-corrected chi connectivity index (χ1v) is 4.89. The maximum atomic E-state index is 4.20. The summed E-state index contributed by atoms with van der Waals surface area (Å²) in [5.41, 5.74) is 0. The van der Waals surface area contributed by atoms with E-state index in [1.54, 1.807) is 6.33 Å². The van der Waals surface area contributed by atoms with E-state index >= 15 is 0 Å². The normalized spacial score (nSPS) is 13.1. The monoisotopic (exact) mass is 194 g/mol. The molecule has 0 aliphatic rings. The summed E-state index contributed by atoms with van der Waals surface area (Å²) in [5, 5.41) is 7.45. The molecule has 4 heteroatoms. The molecule has 1 heterocycles. The summed E-state index contributed by atoms with van der Waals surface area (Å²) in [7, 11) is 0. The van der Waals surface area contributed by atoms with Gasteiger partial charge in [0.2, 0.25) is 0 Å². The van der Waals surface area contributed by atoms with Crippen LogP contribution < -0.4 is 5.32 Å². The fraction of sp³-hybridized carbons (Fsp3) is 0.600. The van der Waals surface area contributed by atoms with Crippen LogP contribution >= 0.6 is 0 Å². The smallest absolute Gasteiger partial charge is 0.141 e. The fourth-order valence-corrected chi connectivity index (χ4v) is 1.17. The van der Waals surface area contributed by atoms with Crippen LogP contribution in [0.1, 0.15) is 32.6 Å². The molecule has 1 N–H and O–H groups in total. The average Bonchev–Trinajstić information content (AvgIpc) is 2.62. The molecular weight excluding hydrogens is 176 g/mol. The highest BCUT2D eigenvalue weighted by atomic mass is 15.4.